The molecule has 18 heteroatoms. The second-order valence-electron chi connectivity index (χ2n) is 21.4. The van der Waals surface area contributed by atoms with Gasteiger partial charge >= 0.3 is 41.9 Å². The van der Waals surface area contributed by atoms with Crippen LogP contribution in [0, 0.1) is 23.2 Å². The number of alkyl carbamates (subject to hydrolysis) is 1. The van der Waals surface area contributed by atoms with Crippen LogP contribution in [0.3, 0.4) is 0 Å². The lowest BCUT2D eigenvalue weighted by atomic mass is 9.91. The summed E-state index contributed by atoms with van der Waals surface area (Å²) in [4.78, 5) is 93.4. The van der Waals surface area contributed by atoms with Gasteiger partial charge in [0.15, 0.2) is 0 Å². The Morgan fingerprint density at radius 3 is 1.48 bits per heavy atom. The molecule has 2 saturated carbocycles. The van der Waals surface area contributed by atoms with Crippen molar-refractivity contribution in [3.8, 4) is 0 Å². The number of rotatable bonds is 45. The molecule has 2 unspecified atom stereocenters. The number of hydrogen-bond acceptors (Lipinski definition) is 15. The average molecular weight is 1100 g/mol. The Labute approximate surface area is 458 Å². The van der Waals surface area contributed by atoms with Crippen LogP contribution in [-0.4, -0.2) is 125 Å². The molecule has 3 rings (SSSR count). The second kappa shape index (κ2) is 39.7. The van der Waals surface area contributed by atoms with Crippen molar-refractivity contribution in [2.45, 2.75) is 219 Å². The maximum atomic E-state index is 14.1. The van der Waals surface area contributed by atoms with Crippen molar-refractivity contribution in [3.05, 3.63) is 24.3 Å². The van der Waals surface area contributed by atoms with Gasteiger partial charge in [0.1, 0.15) is 37.9 Å². The molecule has 0 aromatic rings. The van der Waals surface area contributed by atoms with Crippen LogP contribution >= 0.6 is 0 Å². The molecule has 4 atom stereocenters. The highest BCUT2D eigenvalue weighted by Crippen LogP contribution is 2.65. The smallest absolute Gasteiger partial charge is 0.407 e. The molecule has 2 aliphatic carbocycles. The summed E-state index contributed by atoms with van der Waals surface area (Å²) in [7, 11) is 0. The fourth-order valence-electron chi connectivity index (χ4n) is 9.57. The van der Waals surface area contributed by atoms with Crippen molar-refractivity contribution in [3.63, 3.8) is 0 Å². The Kier molecular flexibility index (Phi) is 34.4. The summed E-state index contributed by atoms with van der Waals surface area (Å²) in [6.45, 7) is 7.89. The maximum Gasteiger partial charge on any atom is 0.407 e. The molecule has 1 N–H and O–H groups in total. The molecule has 0 bridgehead atoms. The summed E-state index contributed by atoms with van der Waals surface area (Å²) in [5.74, 6) is -8.96. The molecule has 0 radical (unpaired) electrons. The van der Waals surface area contributed by atoms with E-state index in [4.69, 9.17) is 33.2 Å². The zero-order chi connectivity index (χ0) is 56.0. The number of fused-ring (bicyclic) bond motifs is 1. The predicted molar refractivity (Wildman–Crippen MR) is 288 cm³/mol. The average Bonchev–Trinajstić information content (AvgIpc) is 3.88. The van der Waals surface area contributed by atoms with Crippen LogP contribution in [0.15, 0.2) is 24.3 Å². The molecule has 440 valence electrons. The van der Waals surface area contributed by atoms with Crippen molar-refractivity contribution in [2.24, 2.45) is 23.2 Å². The molecule has 3 aliphatic rings. The number of nitrogens with zero attached hydrogens (tertiary/aromatic N) is 1. The Bertz CT molecular complexity index is 1710. The van der Waals surface area contributed by atoms with Gasteiger partial charge in [-0.15, -0.1) is 0 Å². The van der Waals surface area contributed by atoms with E-state index >= 15 is 0 Å². The Balaban J connectivity index is 1.66. The van der Waals surface area contributed by atoms with Gasteiger partial charge < -0.3 is 43.4 Å². The third kappa shape index (κ3) is 29.8. The summed E-state index contributed by atoms with van der Waals surface area (Å²) in [6, 6.07) is 0. The third-order valence-electron chi connectivity index (χ3n) is 14.5. The zero-order valence-corrected chi connectivity index (χ0v) is 47.1. The van der Waals surface area contributed by atoms with Crippen LogP contribution in [0.4, 0.5) is 13.6 Å². The highest BCUT2D eigenvalue weighted by atomic mass is 19.3. The van der Waals surface area contributed by atoms with Gasteiger partial charge in [0, 0.05) is 57.0 Å². The monoisotopic (exact) mass is 1090 g/mol. The van der Waals surface area contributed by atoms with E-state index in [1.54, 1.807) is 0 Å². The number of amides is 1. The van der Waals surface area contributed by atoms with Crippen LogP contribution in [0.1, 0.15) is 207 Å². The summed E-state index contributed by atoms with van der Waals surface area (Å²) >= 11 is 0. The van der Waals surface area contributed by atoms with Gasteiger partial charge in [-0.25, -0.2) is 13.6 Å². The molecule has 1 heterocycles. The Morgan fingerprint density at radius 1 is 0.545 bits per heavy atom. The first-order valence-corrected chi connectivity index (χ1v) is 29.5. The molecule has 0 aromatic carbocycles. The number of hydrogen-bond donors (Lipinski definition) is 1. The van der Waals surface area contributed by atoms with Crippen LogP contribution in [0.5, 0.6) is 0 Å². The number of allylic oxidation sites excluding steroid dienone is 2. The first kappa shape index (κ1) is 66.7. The Morgan fingerprint density at radius 2 is 0.987 bits per heavy atom. The topological polar surface area (TPSA) is 199 Å². The number of likely N-dealkylation sites (tertiary alicyclic amines) is 1. The maximum absolute atomic E-state index is 14.1. The van der Waals surface area contributed by atoms with Crippen LogP contribution in [-0.2, 0) is 61.9 Å². The molecular weight excluding hydrogens is 999 g/mol. The van der Waals surface area contributed by atoms with Crippen molar-refractivity contribution in [1.82, 2.24) is 10.2 Å². The van der Waals surface area contributed by atoms with Gasteiger partial charge in [0.25, 0.3) is 5.92 Å². The van der Waals surface area contributed by atoms with E-state index in [2.05, 4.69) is 43.1 Å². The number of unbranched alkanes of at least 4 members (excludes halogenated alkanes) is 11. The number of halogens is 2. The third-order valence-corrected chi connectivity index (χ3v) is 14.5. The van der Waals surface area contributed by atoms with Crippen molar-refractivity contribution in [1.29, 1.82) is 0 Å². The number of alkyl halides is 2. The number of nitrogens with one attached hydrogen (secondary N) is 1. The fourth-order valence-corrected chi connectivity index (χ4v) is 9.57. The van der Waals surface area contributed by atoms with Gasteiger partial charge in [-0.05, 0) is 122 Å². The van der Waals surface area contributed by atoms with E-state index < -0.39 is 91.6 Å². The minimum Gasteiger partial charge on any atom is -0.465 e. The fraction of sp³-hybridized carbons (Fsp3) is 0.814. The lowest BCUT2D eigenvalue weighted by Gasteiger charge is -2.32. The van der Waals surface area contributed by atoms with E-state index in [0.29, 0.717) is 45.2 Å². The molecule has 77 heavy (non-hydrogen) atoms. The molecule has 0 spiro atoms. The van der Waals surface area contributed by atoms with Gasteiger partial charge in [0.05, 0.1) is 19.1 Å². The minimum atomic E-state index is -2.82. The first-order valence-electron chi connectivity index (χ1n) is 29.5. The van der Waals surface area contributed by atoms with E-state index in [-0.39, 0.29) is 89.4 Å². The summed E-state index contributed by atoms with van der Waals surface area (Å²) < 4.78 is 67.7. The van der Waals surface area contributed by atoms with Crippen molar-refractivity contribution < 1.29 is 75.5 Å². The standard InChI is InChI=1S/C59H96F2N2O14/c1-4-7-10-13-15-17-26-39-71-51(64)29-20-22-31-53(66)73-43-58(46-76-56(69)47-41-49-50(42-47)59(49,60)61,44-74-54(67)32-23-21-30-52(65)72-40-27-18-16-14-11-8-5-2)45-75-55(68)34-33-48(28-19-12-9-6-3)77-57(70)62-35-38-63-36-24-25-37-63/h15-18,47-50H,4-14,19-46H2,1-3H3,(H,62,70)/b17-15-,18-16-/t47?,48?,49-,50+. The Hall–Kier alpha value is -4.61. The van der Waals surface area contributed by atoms with E-state index in [1.807, 2.05) is 12.2 Å². The minimum absolute atomic E-state index is 0.0476. The molecule has 0 aromatic heterocycles. The normalized spacial score (nSPS) is 18.2. The van der Waals surface area contributed by atoms with Gasteiger partial charge in [-0.1, -0.05) is 90.0 Å². The van der Waals surface area contributed by atoms with Crippen LogP contribution < -0.4 is 5.32 Å². The van der Waals surface area contributed by atoms with E-state index in [0.717, 1.165) is 90.1 Å². The van der Waals surface area contributed by atoms with Crippen molar-refractivity contribution >= 4 is 41.9 Å². The van der Waals surface area contributed by atoms with E-state index in [9.17, 15) is 42.3 Å². The lowest BCUT2D eigenvalue weighted by Crippen LogP contribution is -2.44. The van der Waals surface area contributed by atoms with Gasteiger partial charge in [-0.3, -0.25) is 28.8 Å². The molecular formula is C59H96F2N2O14. The molecule has 1 amide bonds. The summed E-state index contributed by atoms with van der Waals surface area (Å²) in [6.07, 6.45) is 24.8. The SMILES string of the molecule is CCCCC/C=C\CCOC(=O)CCCCC(=O)OCC(COC(=O)CCCCC(=O)OCC/C=C\CCCCC)(COC(=O)CCC(CCCCCC)OC(=O)NCCN1CCCC1)COC(=O)C1C[C@@H]2[C@H](C1)C2(F)F. The molecule has 16 nitrogen and oxygen atoms in total. The largest absolute Gasteiger partial charge is 0.465 e. The van der Waals surface area contributed by atoms with Crippen molar-refractivity contribution in [2.75, 3.05) is 65.8 Å². The highest BCUT2D eigenvalue weighted by molar-refractivity contribution is 5.74. The zero-order valence-electron chi connectivity index (χ0n) is 47.1. The van der Waals surface area contributed by atoms with Crippen LogP contribution in [0.2, 0.25) is 0 Å². The van der Waals surface area contributed by atoms with E-state index in [1.165, 1.54) is 12.8 Å². The summed E-state index contributed by atoms with van der Waals surface area (Å²) in [5, 5.41) is 2.82. The quantitative estimate of drug-likeness (QED) is 0.0261. The first-order chi connectivity index (χ1) is 37.2. The highest BCUT2D eigenvalue weighted by Gasteiger charge is 2.72. The lowest BCUT2D eigenvalue weighted by molar-refractivity contribution is -0.173. The predicted octanol–water partition coefficient (Wildman–Crippen LogP) is 11.6. The molecule has 1 saturated heterocycles. The van der Waals surface area contributed by atoms with Gasteiger partial charge in [-0.2, -0.15) is 0 Å². The molecule has 1 aliphatic heterocycles. The second-order valence-corrected chi connectivity index (χ2v) is 21.4. The molecule has 3 fully saturated rings. The van der Waals surface area contributed by atoms with Crippen LogP contribution in [0.25, 0.3) is 0 Å². The number of esters is 6. The number of ether oxygens (including phenoxy) is 7. The number of carbonyl (C=O) groups excluding carboxylic acids is 7. The summed E-state index contributed by atoms with van der Waals surface area (Å²) in [5.41, 5.74) is -1.63. The number of carbonyl (C=O) groups is 7. The van der Waals surface area contributed by atoms with Gasteiger partial charge in [0.2, 0.25) is 0 Å².